The van der Waals surface area contributed by atoms with Gasteiger partial charge in [0.1, 0.15) is 0 Å². The summed E-state index contributed by atoms with van der Waals surface area (Å²) >= 11 is 0. The predicted octanol–water partition coefficient (Wildman–Crippen LogP) is 4.16. The third-order valence-corrected chi connectivity index (χ3v) is 6.88. The van der Waals surface area contributed by atoms with Crippen molar-refractivity contribution in [2.24, 2.45) is 0 Å². The molecule has 5 nitrogen and oxygen atoms in total. The summed E-state index contributed by atoms with van der Waals surface area (Å²) in [6.45, 7) is 7.04. The number of nitrogens with zero attached hydrogens (tertiary/aromatic N) is 1. The molecule has 1 aliphatic heterocycles. The van der Waals surface area contributed by atoms with E-state index in [1.807, 2.05) is 31.2 Å². The van der Waals surface area contributed by atoms with E-state index >= 15 is 0 Å². The summed E-state index contributed by atoms with van der Waals surface area (Å²) in [6.07, 6.45) is 1.76. The van der Waals surface area contributed by atoms with Crippen LogP contribution in [0.4, 0.5) is 5.69 Å². The maximum atomic E-state index is 12.9. The van der Waals surface area contributed by atoms with E-state index in [-0.39, 0.29) is 16.7 Å². The van der Waals surface area contributed by atoms with Crippen molar-refractivity contribution in [1.29, 1.82) is 0 Å². The molecule has 1 heterocycles. The highest BCUT2D eigenvalue weighted by Crippen LogP contribution is 2.26. The number of nitrogens with one attached hydrogen (secondary N) is 1. The molecule has 1 N–H and O–H groups in total. The third-order valence-electron chi connectivity index (χ3n) is 4.99. The first-order valence-corrected chi connectivity index (χ1v) is 10.8. The van der Waals surface area contributed by atoms with Crippen LogP contribution in [0.25, 0.3) is 0 Å². The molecule has 1 saturated heterocycles. The molecule has 0 aromatic heterocycles. The van der Waals surface area contributed by atoms with Gasteiger partial charge < -0.3 is 5.32 Å². The van der Waals surface area contributed by atoms with E-state index in [1.165, 1.54) is 10.4 Å². The molecule has 0 radical (unpaired) electrons. The summed E-state index contributed by atoms with van der Waals surface area (Å²) in [5, 5.41) is 2.95. The molecule has 0 saturated carbocycles. The lowest BCUT2D eigenvalue weighted by molar-refractivity contribution is 0.102. The molecule has 1 amide bonds. The number of sulfonamides is 1. The molecule has 144 valence electrons. The molecule has 2 aromatic rings. The van der Waals surface area contributed by atoms with E-state index in [0.29, 0.717) is 18.7 Å². The van der Waals surface area contributed by atoms with Crippen LogP contribution in [0.5, 0.6) is 0 Å². The zero-order valence-electron chi connectivity index (χ0n) is 16.0. The SMILES string of the molecule is Cc1ccc(S(=O)(=O)N2CCCC2)cc1C(=O)Nc1ccccc1C(C)C. The number of carbonyl (C=O) groups is 1. The van der Waals surface area contributed by atoms with Gasteiger partial charge in [0.25, 0.3) is 5.91 Å². The van der Waals surface area contributed by atoms with E-state index in [2.05, 4.69) is 19.2 Å². The van der Waals surface area contributed by atoms with Crippen LogP contribution in [0.3, 0.4) is 0 Å². The number of anilines is 1. The average molecular weight is 387 g/mol. The minimum Gasteiger partial charge on any atom is -0.322 e. The molecule has 0 atom stereocenters. The molecule has 1 aliphatic rings. The number of benzene rings is 2. The Hall–Kier alpha value is -2.18. The fraction of sp³-hybridized carbons (Fsp3) is 0.381. The molecule has 3 rings (SSSR count). The fourth-order valence-corrected chi connectivity index (χ4v) is 4.93. The standard InChI is InChI=1S/C21H26N2O3S/c1-15(2)18-8-4-5-9-20(18)22-21(24)19-14-17(11-10-16(19)3)27(25,26)23-12-6-7-13-23/h4-5,8-11,14-15H,6-7,12-13H2,1-3H3,(H,22,24). The Labute approximate surface area is 161 Å². The van der Waals surface area contributed by atoms with Crippen LogP contribution in [-0.2, 0) is 10.0 Å². The van der Waals surface area contributed by atoms with Crippen molar-refractivity contribution in [3.8, 4) is 0 Å². The topological polar surface area (TPSA) is 66.5 Å². The Bertz CT molecular complexity index is 946. The predicted molar refractivity (Wildman–Crippen MR) is 108 cm³/mol. The fourth-order valence-electron chi connectivity index (χ4n) is 3.39. The van der Waals surface area contributed by atoms with Crippen molar-refractivity contribution < 1.29 is 13.2 Å². The molecular formula is C21H26N2O3S. The van der Waals surface area contributed by atoms with Crippen molar-refractivity contribution in [2.75, 3.05) is 18.4 Å². The number of aryl methyl sites for hydroxylation is 1. The van der Waals surface area contributed by atoms with Crippen molar-refractivity contribution >= 4 is 21.6 Å². The zero-order chi connectivity index (χ0) is 19.6. The summed E-state index contributed by atoms with van der Waals surface area (Å²) in [6, 6.07) is 12.5. The molecule has 0 aliphatic carbocycles. The Morgan fingerprint density at radius 1 is 1.07 bits per heavy atom. The second kappa shape index (κ2) is 7.82. The van der Waals surface area contributed by atoms with Gasteiger partial charge in [0.05, 0.1) is 4.90 Å². The molecule has 0 spiro atoms. The quantitative estimate of drug-likeness (QED) is 0.839. The highest BCUT2D eigenvalue weighted by molar-refractivity contribution is 7.89. The molecule has 2 aromatic carbocycles. The van der Waals surface area contributed by atoms with Gasteiger partial charge in [0, 0.05) is 24.3 Å². The van der Waals surface area contributed by atoms with Crippen molar-refractivity contribution in [3.63, 3.8) is 0 Å². The highest BCUT2D eigenvalue weighted by atomic mass is 32.2. The number of hydrogen-bond donors (Lipinski definition) is 1. The smallest absolute Gasteiger partial charge is 0.255 e. The van der Waals surface area contributed by atoms with E-state index < -0.39 is 10.0 Å². The largest absolute Gasteiger partial charge is 0.322 e. The number of carbonyl (C=O) groups excluding carboxylic acids is 1. The third kappa shape index (κ3) is 4.06. The molecule has 0 bridgehead atoms. The van der Waals surface area contributed by atoms with Crippen LogP contribution in [0.1, 0.15) is 54.1 Å². The first-order chi connectivity index (χ1) is 12.8. The zero-order valence-corrected chi connectivity index (χ0v) is 16.8. The van der Waals surface area contributed by atoms with Crippen molar-refractivity contribution in [2.45, 2.75) is 44.4 Å². The normalized spacial score (nSPS) is 15.3. The van der Waals surface area contributed by atoms with Crippen LogP contribution in [0, 0.1) is 6.92 Å². The van der Waals surface area contributed by atoms with Gasteiger partial charge in [-0.15, -0.1) is 0 Å². The van der Waals surface area contributed by atoms with Crippen LogP contribution >= 0.6 is 0 Å². The minimum absolute atomic E-state index is 0.178. The summed E-state index contributed by atoms with van der Waals surface area (Å²) in [5.74, 6) is -0.0245. The van der Waals surface area contributed by atoms with E-state index in [4.69, 9.17) is 0 Å². The van der Waals surface area contributed by atoms with Crippen LogP contribution in [-0.4, -0.2) is 31.7 Å². The van der Waals surface area contributed by atoms with Crippen LogP contribution in [0.15, 0.2) is 47.4 Å². The van der Waals surface area contributed by atoms with Gasteiger partial charge in [-0.25, -0.2) is 8.42 Å². The maximum Gasteiger partial charge on any atom is 0.255 e. The number of para-hydroxylation sites is 1. The lowest BCUT2D eigenvalue weighted by Crippen LogP contribution is -2.28. The summed E-state index contributed by atoms with van der Waals surface area (Å²) in [4.78, 5) is 13.1. The maximum absolute atomic E-state index is 12.9. The molecule has 27 heavy (non-hydrogen) atoms. The van der Waals surface area contributed by atoms with Crippen molar-refractivity contribution in [3.05, 3.63) is 59.2 Å². The number of rotatable bonds is 5. The second-order valence-electron chi connectivity index (χ2n) is 7.28. The first kappa shape index (κ1) is 19.6. The van der Waals surface area contributed by atoms with Gasteiger partial charge >= 0.3 is 0 Å². The van der Waals surface area contributed by atoms with Gasteiger partial charge in [-0.2, -0.15) is 4.31 Å². The summed E-state index contributed by atoms with van der Waals surface area (Å²) in [5.41, 5.74) is 2.93. The van der Waals surface area contributed by atoms with Gasteiger partial charge in [0.15, 0.2) is 0 Å². The Kier molecular flexibility index (Phi) is 5.67. The average Bonchev–Trinajstić information content (AvgIpc) is 3.17. The van der Waals surface area contributed by atoms with Gasteiger partial charge in [-0.1, -0.05) is 38.1 Å². The highest BCUT2D eigenvalue weighted by Gasteiger charge is 2.28. The Balaban J connectivity index is 1.92. The van der Waals surface area contributed by atoms with Gasteiger partial charge in [-0.05, 0) is 55.0 Å². The first-order valence-electron chi connectivity index (χ1n) is 9.32. The van der Waals surface area contributed by atoms with Gasteiger partial charge in [-0.3, -0.25) is 4.79 Å². The molecule has 6 heteroatoms. The minimum atomic E-state index is -3.55. The van der Waals surface area contributed by atoms with E-state index in [0.717, 1.165) is 29.7 Å². The second-order valence-corrected chi connectivity index (χ2v) is 9.22. The molecular weight excluding hydrogens is 360 g/mol. The summed E-state index contributed by atoms with van der Waals surface area (Å²) in [7, 11) is -3.55. The van der Waals surface area contributed by atoms with Crippen molar-refractivity contribution in [1.82, 2.24) is 4.31 Å². The monoisotopic (exact) mass is 386 g/mol. The lowest BCUT2D eigenvalue weighted by Gasteiger charge is -2.17. The number of amides is 1. The Morgan fingerprint density at radius 3 is 2.41 bits per heavy atom. The van der Waals surface area contributed by atoms with Gasteiger partial charge in [0.2, 0.25) is 10.0 Å². The van der Waals surface area contributed by atoms with E-state index in [1.54, 1.807) is 12.1 Å². The molecule has 1 fully saturated rings. The number of hydrogen-bond acceptors (Lipinski definition) is 3. The van der Waals surface area contributed by atoms with E-state index in [9.17, 15) is 13.2 Å². The Morgan fingerprint density at radius 2 is 1.74 bits per heavy atom. The van der Waals surface area contributed by atoms with Crippen LogP contribution < -0.4 is 5.32 Å². The molecule has 0 unspecified atom stereocenters. The lowest BCUT2D eigenvalue weighted by atomic mass is 10.0. The van der Waals surface area contributed by atoms with Crippen LogP contribution in [0.2, 0.25) is 0 Å². The summed E-state index contributed by atoms with van der Waals surface area (Å²) < 4.78 is 27.1.